The molecule has 1 heterocycles. The van der Waals surface area contributed by atoms with E-state index in [1.165, 1.54) is 6.20 Å². The lowest BCUT2D eigenvalue weighted by atomic mass is 10.4. The number of carbonyl (C=O) groups excluding carboxylic acids is 1. The van der Waals surface area contributed by atoms with E-state index in [1.807, 2.05) is 0 Å². The molecule has 0 bridgehead atoms. The fraction of sp³-hybridized carbons (Fsp3) is 0.300. The topological polar surface area (TPSA) is 119 Å². The van der Waals surface area contributed by atoms with Crippen LogP contribution < -0.4 is 0 Å². The van der Waals surface area contributed by atoms with Crippen molar-refractivity contribution in [3.05, 3.63) is 22.4 Å². The summed E-state index contributed by atoms with van der Waals surface area (Å²) < 4.78 is 1.05. The number of nitro groups is 1. The van der Waals surface area contributed by atoms with Crippen molar-refractivity contribution in [1.29, 1.82) is 0 Å². The second kappa shape index (κ2) is 6.15. The van der Waals surface area contributed by atoms with Gasteiger partial charge in [-0.05, 0) is 4.92 Å². The summed E-state index contributed by atoms with van der Waals surface area (Å²) in [5.74, 6) is -0.0107. The minimum atomic E-state index is -1.20. The highest BCUT2D eigenvalue weighted by atomic mass is 16.6. The molecule has 1 rings (SSSR count). The Bertz CT molecular complexity index is 544. The van der Waals surface area contributed by atoms with Crippen LogP contribution in [0.3, 0.4) is 0 Å². The molecule has 1 N–H and O–H groups in total. The van der Waals surface area contributed by atoms with Gasteiger partial charge in [0, 0.05) is 0 Å². The molecule has 9 heteroatoms. The lowest BCUT2D eigenvalue weighted by Gasteiger charge is -2.16. The van der Waals surface area contributed by atoms with E-state index in [1.54, 1.807) is 0 Å². The summed E-state index contributed by atoms with van der Waals surface area (Å²) >= 11 is 0. The van der Waals surface area contributed by atoms with Gasteiger partial charge in [-0.3, -0.25) is 9.59 Å². The average Bonchev–Trinajstić information content (AvgIpc) is 2.76. The Labute approximate surface area is 107 Å². The van der Waals surface area contributed by atoms with Crippen LogP contribution in [0.5, 0.6) is 0 Å². The zero-order valence-corrected chi connectivity index (χ0v) is 9.72. The molecule has 0 atom stereocenters. The van der Waals surface area contributed by atoms with Crippen LogP contribution in [-0.2, 0) is 16.1 Å². The third-order valence-corrected chi connectivity index (χ3v) is 2.07. The molecular weight excluding hydrogens is 256 g/mol. The second-order valence-corrected chi connectivity index (χ2v) is 3.48. The Morgan fingerprint density at radius 1 is 1.63 bits per heavy atom. The molecular formula is C10H10N4O5. The molecule has 0 aliphatic rings. The second-order valence-electron chi connectivity index (χ2n) is 3.48. The number of aromatic nitrogens is 2. The highest BCUT2D eigenvalue weighted by molar-refractivity contribution is 5.81. The van der Waals surface area contributed by atoms with Crippen molar-refractivity contribution in [2.45, 2.75) is 6.54 Å². The van der Waals surface area contributed by atoms with Gasteiger partial charge in [-0.15, -0.1) is 6.42 Å². The van der Waals surface area contributed by atoms with Crippen molar-refractivity contribution in [1.82, 2.24) is 14.7 Å². The van der Waals surface area contributed by atoms with Crippen LogP contribution in [0.15, 0.2) is 12.3 Å². The number of carboxylic acids is 1. The predicted molar refractivity (Wildman–Crippen MR) is 61.9 cm³/mol. The smallest absolute Gasteiger partial charge is 0.389 e. The first-order valence-electron chi connectivity index (χ1n) is 5.05. The van der Waals surface area contributed by atoms with Crippen LogP contribution in [0.2, 0.25) is 0 Å². The lowest BCUT2D eigenvalue weighted by molar-refractivity contribution is -0.389. The van der Waals surface area contributed by atoms with Crippen LogP contribution in [0.1, 0.15) is 0 Å². The van der Waals surface area contributed by atoms with E-state index < -0.39 is 29.2 Å². The maximum atomic E-state index is 11.8. The highest BCUT2D eigenvalue weighted by Gasteiger charge is 2.19. The summed E-state index contributed by atoms with van der Waals surface area (Å²) in [6, 6.07) is 1.13. The lowest BCUT2D eigenvalue weighted by Crippen LogP contribution is -2.38. The summed E-state index contributed by atoms with van der Waals surface area (Å²) in [7, 11) is 0. The van der Waals surface area contributed by atoms with E-state index >= 15 is 0 Å². The van der Waals surface area contributed by atoms with E-state index in [2.05, 4.69) is 11.0 Å². The van der Waals surface area contributed by atoms with Crippen LogP contribution in [0, 0.1) is 22.5 Å². The van der Waals surface area contributed by atoms with Crippen molar-refractivity contribution in [2.75, 3.05) is 13.1 Å². The first-order chi connectivity index (χ1) is 8.93. The maximum absolute atomic E-state index is 11.8. The first kappa shape index (κ1) is 14.2. The SMILES string of the molecule is C#CCN(CC(=O)O)C(=O)Cn1ccc([N+](=O)[O-])n1. The molecule has 0 unspecified atom stereocenters. The zero-order chi connectivity index (χ0) is 14.4. The van der Waals surface area contributed by atoms with E-state index in [9.17, 15) is 19.7 Å². The Hall–Kier alpha value is -2.89. The summed E-state index contributed by atoms with van der Waals surface area (Å²) in [4.78, 5) is 33.0. The summed E-state index contributed by atoms with van der Waals surface area (Å²) in [6.45, 7) is -1.01. The number of terminal acetylenes is 1. The predicted octanol–water partition coefficient (Wildman–Crippen LogP) is -0.662. The van der Waals surface area contributed by atoms with Gasteiger partial charge in [-0.2, -0.15) is 4.68 Å². The molecule has 0 saturated carbocycles. The Morgan fingerprint density at radius 2 is 2.32 bits per heavy atom. The minimum Gasteiger partial charge on any atom is -0.480 e. The number of rotatable bonds is 6. The summed E-state index contributed by atoms with van der Waals surface area (Å²) in [6.07, 6.45) is 6.29. The van der Waals surface area contributed by atoms with Crippen LogP contribution in [0.4, 0.5) is 5.82 Å². The normalized spacial score (nSPS) is 9.63. The monoisotopic (exact) mass is 266 g/mol. The summed E-state index contributed by atoms with van der Waals surface area (Å²) in [5.41, 5.74) is 0. The Morgan fingerprint density at radius 3 is 2.79 bits per heavy atom. The van der Waals surface area contributed by atoms with E-state index in [0.29, 0.717) is 0 Å². The van der Waals surface area contributed by atoms with Gasteiger partial charge in [-0.25, -0.2) is 0 Å². The molecule has 9 nitrogen and oxygen atoms in total. The van der Waals surface area contributed by atoms with E-state index in [4.69, 9.17) is 11.5 Å². The zero-order valence-electron chi connectivity index (χ0n) is 9.72. The third-order valence-electron chi connectivity index (χ3n) is 2.07. The summed E-state index contributed by atoms with van der Waals surface area (Å²) in [5, 5.41) is 22.6. The number of nitrogens with zero attached hydrogens (tertiary/aromatic N) is 4. The standard InChI is InChI=1S/C10H10N4O5/c1-2-4-12(7-10(16)17)9(15)6-13-5-3-8(11-13)14(18)19/h1,3,5H,4,6-7H2,(H,16,17). The van der Waals surface area contributed by atoms with E-state index in [-0.39, 0.29) is 13.1 Å². The number of carboxylic acid groups (broad SMARTS) is 1. The van der Waals surface area contributed by atoms with Gasteiger partial charge in [0.2, 0.25) is 5.91 Å². The van der Waals surface area contributed by atoms with Gasteiger partial charge >= 0.3 is 11.8 Å². The van der Waals surface area contributed by atoms with Crippen LogP contribution in [-0.4, -0.2) is 49.7 Å². The van der Waals surface area contributed by atoms with Crippen LogP contribution >= 0.6 is 0 Å². The molecule has 1 aromatic rings. The van der Waals surface area contributed by atoms with Gasteiger partial charge in [0.05, 0.1) is 23.9 Å². The largest absolute Gasteiger partial charge is 0.480 e. The first-order valence-corrected chi connectivity index (χ1v) is 5.05. The maximum Gasteiger partial charge on any atom is 0.389 e. The fourth-order valence-electron chi connectivity index (χ4n) is 1.28. The van der Waals surface area contributed by atoms with Crippen molar-refractivity contribution >= 4 is 17.7 Å². The Kier molecular flexibility index (Phi) is 4.59. The molecule has 100 valence electrons. The molecule has 0 aromatic carbocycles. The van der Waals surface area contributed by atoms with Gasteiger partial charge in [0.25, 0.3) is 0 Å². The fourth-order valence-corrected chi connectivity index (χ4v) is 1.28. The molecule has 0 aliphatic heterocycles. The molecule has 0 aliphatic carbocycles. The molecule has 19 heavy (non-hydrogen) atoms. The molecule has 1 amide bonds. The van der Waals surface area contributed by atoms with Gasteiger partial charge in [0.15, 0.2) is 0 Å². The van der Waals surface area contributed by atoms with Gasteiger partial charge in [0.1, 0.15) is 13.1 Å². The minimum absolute atomic E-state index is 0.158. The highest BCUT2D eigenvalue weighted by Crippen LogP contribution is 2.05. The van der Waals surface area contributed by atoms with Crippen LogP contribution in [0.25, 0.3) is 0 Å². The number of amides is 1. The molecule has 0 fully saturated rings. The van der Waals surface area contributed by atoms with Crippen molar-refractivity contribution < 1.29 is 19.6 Å². The van der Waals surface area contributed by atoms with Gasteiger partial charge in [-0.1, -0.05) is 5.92 Å². The average molecular weight is 266 g/mol. The molecule has 1 aromatic heterocycles. The quantitative estimate of drug-likeness (QED) is 0.414. The van der Waals surface area contributed by atoms with Crippen molar-refractivity contribution in [3.8, 4) is 12.3 Å². The number of carbonyl (C=O) groups is 2. The number of hydrogen-bond donors (Lipinski definition) is 1. The number of hydrogen-bond acceptors (Lipinski definition) is 5. The van der Waals surface area contributed by atoms with Crippen molar-refractivity contribution in [3.63, 3.8) is 0 Å². The molecule has 0 saturated heterocycles. The van der Waals surface area contributed by atoms with Crippen molar-refractivity contribution in [2.24, 2.45) is 0 Å². The third kappa shape index (κ3) is 4.12. The molecule has 0 spiro atoms. The van der Waals surface area contributed by atoms with E-state index in [0.717, 1.165) is 15.6 Å². The number of aliphatic carboxylic acids is 1. The molecule has 0 radical (unpaired) electrons. The Balaban J connectivity index is 2.72. The van der Waals surface area contributed by atoms with Gasteiger partial charge < -0.3 is 20.1 Å².